The molecule has 0 spiro atoms. The van der Waals surface area contributed by atoms with Crippen LogP contribution in [0.25, 0.3) is 0 Å². The van der Waals surface area contributed by atoms with Crippen LogP contribution in [-0.4, -0.2) is 31.2 Å². The molecule has 0 radical (unpaired) electrons. The molecule has 2 aromatic rings. The first-order valence-corrected chi connectivity index (χ1v) is 7.63. The first-order chi connectivity index (χ1) is 10.8. The predicted molar refractivity (Wildman–Crippen MR) is 83.7 cm³/mol. The molecule has 1 aliphatic heterocycles. The Morgan fingerprint density at radius 1 is 1.09 bits per heavy atom. The van der Waals surface area contributed by atoms with Crippen LogP contribution >= 0.6 is 0 Å². The topological polar surface area (TPSA) is 21.7 Å². The van der Waals surface area contributed by atoms with Gasteiger partial charge in [0.1, 0.15) is 23.9 Å². The molecule has 0 N–H and O–H groups in total. The van der Waals surface area contributed by atoms with Crippen LogP contribution in [0.2, 0.25) is 0 Å². The number of para-hydroxylation sites is 1. The van der Waals surface area contributed by atoms with Crippen molar-refractivity contribution in [3.63, 3.8) is 0 Å². The Morgan fingerprint density at radius 3 is 2.77 bits per heavy atom. The molecule has 0 atom stereocenters. The zero-order valence-corrected chi connectivity index (χ0v) is 12.5. The van der Waals surface area contributed by atoms with Crippen molar-refractivity contribution in [3.8, 4) is 11.5 Å². The standard InChI is InChI=1S/C18H20FNO2/c19-16-6-8-17(9-7-16)21-12-3-10-20-11-13-22-18-5-2-1-4-15(18)14-20/h1-2,4-9H,3,10-14H2. The highest BCUT2D eigenvalue weighted by Crippen LogP contribution is 2.22. The Balaban J connectivity index is 1.45. The molecule has 3 rings (SSSR count). The molecule has 0 unspecified atom stereocenters. The number of halogens is 1. The Kier molecular flexibility index (Phi) is 4.91. The molecule has 116 valence electrons. The van der Waals surface area contributed by atoms with Crippen LogP contribution < -0.4 is 9.47 Å². The summed E-state index contributed by atoms with van der Waals surface area (Å²) < 4.78 is 24.2. The molecular formula is C18H20FNO2. The third-order valence-electron chi connectivity index (χ3n) is 3.73. The summed E-state index contributed by atoms with van der Waals surface area (Å²) >= 11 is 0. The Hall–Kier alpha value is -2.07. The summed E-state index contributed by atoms with van der Waals surface area (Å²) in [5.41, 5.74) is 1.24. The third kappa shape index (κ3) is 3.98. The van der Waals surface area contributed by atoms with E-state index in [1.807, 2.05) is 18.2 Å². The third-order valence-corrected chi connectivity index (χ3v) is 3.73. The summed E-state index contributed by atoms with van der Waals surface area (Å²) in [6, 6.07) is 14.3. The second-order valence-electron chi connectivity index (χ2n) is 5.39. The van der Waals surface area contributed by atoms with E-state index in [1.165, 1.54) is 17.7 Å². The Morgan fingerprint density at radius 2 is 1.91 bits per heavy atom. The minimum Gasteiger partial charge on any atom is -0.494 e. The van der Waals surface area contributed by atoms with E-state index in [4.69, 9.17) is 9.47 Å². The maximum Gasteiger partial charge on any atom is 0.123 e. The smallest absolute Gasteiger partial charge is 0.123 e. The van der Waals surface area contributed by atoms with E-state index in [2.05, 4.69) is 11.0 Å². The van der Waals surface area contributed by atoms with E-state index >= 15 is 0 Å². The zero-order chi connectivity index (χ0) is 15.2. The van der Waals surface area contributed by atoms with Crippen LogP contribution in [0.15, 0.2) is 48.5 Å². The fraction of sp³-hybridized carbons (Fsp3) is 0.333. The van der Waals surface area contributed by atoms with Crippen molar-refractivity contribution in [1.29, 1.82) is 0 Å². The highest BCUT2D eigenvalue weighted by atomic mass is 19.1. The largest absolute Gasteiger partial charge is 0.494 e. The molecule has 22 heavy (non-hydrogen) atoms. The normalized spacial score (nSPS) is 14.8. The monoisotopic (exact) mass is 301 g/mol. The van der Waals surface area contributed by atoms with Gasteiger partial charge in [-0.15, -0.1) is 0 Å². The number of fused-ring (bicyclic) bond motifs is 1. The molecule has 1 heterocycles. The first kappa shape index (κ1) is 14.9. The van der Waals surface area contributed by atoms with Crippen LogP contribution in [-0.2, 0) is 6.54 Å². The van der Waals surface area contributed by atoms with E-state index in [0.717, 1.165) is 38.4 Å². The van der Waals surface area contributed by atoms with Crippen molar-refractivity contribution in [3.05, 3.63) is 59.9 Å². The summed E-state index contributed by atoms with van der Waals surface area (Å²) in [5.74, 6) is 1.47. The number of benzene rings is 2. The zero-order valence-electron chi connectivity index (χ0n) is 12.5. The van der Waals surface area contributed by atoms with Gasteiger partial charge in [-0.05, 0) is 36.8 Å². The lowest BCUT2D eigenvalue weighted by Crippen LogP contribution is -2.27. The van der Waals surface area contributed by atoms with E-state index in [-0.39, 0.29) is 5.82 Å². The molecule has 1 aliphatic rings. The van der Waals surface area contributed by atoms with Crippen molar-refractivity contribution in [2.24, 2.45) is 0 Å². The predicted octanol–water partition coefficient (Wildman–Crippen LogP) is 3.49. The summed E-state index contributed by atoms with van der Waals surface area (Å²) in [6.07, 6.45) is 0.930. The lowest BCUT2D eigenvalue weighted by Gasteiger charge is -2.19. The van der Waals surface area contributed by atoms with Crippen LogP contribution in [0.3, 0.4) is 0 Å². The first-order valence-electron chi connectivity index (χ1n) is 7.63. The van der Waals surface area contributed by atoms with Gasteiger partial charge in [0.2, 0.25) is 0 Å². The number of hydrogen-bond donors (Lipinski definition) is 0. The highest BCUT2D eigenvalue weighted by Gasteiger charge is 2.14. The van der Waals surface area contributed by atoms with Gasteiger partial charge in [-0.2, -0.15) is 0 Å². The van der Waals surface area contributed by atoms with Gasteiger partial charge in [0.05, 0.1) is 6.61 Å². The molecule has 3 nitrogen and oxygen atoms in total. The minimum absolute atomic E-state index is 0.240. The van der Waals surface area contributed by atoms with Gasteiger partial charge in [-0.3, -0.25) is 4.90 Å². The molecule has 0 saturated carbocycles. The molecule has 2 aromatic carbocycles. The highest BCUT2D eigenvalue weighted by molar-refractivity contribution is 5.33. The van der Waals surface area contributed by atoms with Gasteiger partial charge < -0.3 is 9.47 Å². The van der Waals surface area contributed by atoms with Gasteiger partial charge in [0.25, 0.3) is 0 Å². The van der Waals surface area contributed by atoms with Crippen molar-refractivity contribution in [2.45, 2.75) is 13.0 Å². The van der Waals surface area contributed by atoms with Crippen molar-refractivity contribution < 1.29 is 13.9 Å². The molecule has 0 fully saturated rings. The summed E-state index contributed by atoms with van der Waals surface area (Å²) in [4.78, 5) is 2.37. The van der Waals surface area contributed by atoms with E-state index in [9.17, 15) is 4.39 Å². The van der Waals surface area contributed by atoms with Gasteiger partial charge >= 0.3 is 0 Å². The van der Waals surface area contributed by atoms with Crippen LogP contribution in [0.4, 0.5) is 4.39 Å². The number of ether oxygens (including phenoxy) is 2. The molecule has 0 aromatic heterocycles. The molecule has 4 heteroatoms. The van der Waals surface area contributed by atoms with E-state index in [0.29, 0.717) is 12.4 Å². The molecule has 0 aliphatic carbocycles. The minimum atomic E-state index is -0.240. The molecule has 0 bridgehead atoms. The van der Waals surface area contributed by atoms with Gasteiger partial charge in [-0.25, -0.2) is 4.39 Å². The second kappa shape index (κ2) is 7.27. The van der Waals surface area contributed by atoms with E-state index in [1.54, 1.807) is 12.1 Å². The second-order valence-corrected chi connectivity index (χ2v) is 5.39. The average Bonchev–Trinajstić information content (AvgIpc) is 2.75. The van der Waals surface area contributed by atoms with Gasteiger partial charge in [0.15, 0.2) is 0 Å². The molecular weight excluding hydrogens is 281 g/mol. The van der Waals surface area contributed by atoms with Crippen molar-refractivity contribution in [2.75, 3.05) is 26.3 Å². The fourth-order valence-corrected chi connectivity index (χ4v) is 2.58. The fourth-order valence-electron chi connectivity index (χ4n) is 2.58. The van der Waals surface area contributed by atoms with Crippen LogP contribution in [0.5, 0.6) is 11.5 Å². The van der Waals surface area contributed by atoms with Crippen molar-refractivity contribution in [1.82, 2.24) is 4.90 Å². The number of nitrogens with zero attached hydrogens (tertiary/aromatic N) is 1. The van der Waals surface area contributed by atoms with Crippen molar-refractivity contribution >= 4 is 0 Å². The lowest BCUT2D eigenvalue weighted by atomic mass is 10.2. The SMILES string of the molecule is Fc1ccc(OCCCN2CCOc3ccccc3C2)cc1. The van der Waals surface area contributed by atoms with E-state index < -0.39 is 0 Å². The molecule has 0 amide bonds. The quantitative estimate of drug-likeness (QED) is 0.789. The summed E-state index contributed by atoms with van der Waals surface area (Å²) in [6.45, 7) is 4.14. The summed E-state index contributed by atoms with van der Waals surface area (Å²) in [5, 5.41) is 0. The maximum absolute atomic E-state index is 12.8. The molecule has 0 saturated heterocycles. The summed E-state index contributed by atoms with van der Waals surface area (Å²) in [7, 11) is 0. The van der Waals surface area contributed by atoms with Gasteiger partial charge in [0, 0.05) is 25.2 Å². The number of hydrogen-bond acceptors (Lipinski definition) is 3. The average molecular weight is 301 g/mol. The Labute approximate surface area is 130 Å². The Bertz CT molecular complexity index is 600. The maximum atomic E-state index is 12.8. The van der Waals surface area contributed by atoms with Crippen LogP contribution in [0, 0.1) is 5.82 Å². The number of rotatable bonds is 5. The van der Waals surface area contributed by atoms with Gasteiger partial charge in [-0.1, -0.05) is 18.2 Å². The van der Waals surface area contributed by atoms with Crippen LogP contribution in [0.1, 0.15) is 12.0 Å². The lowest BCUT2D eigenvalue weighted by molar-refractivity contribution is 0.206.